The Kier molecular flexibility index (Phi) is 3.74. The fourth-order valence-electron chi connectivity index (χ4n) is 1.97. The molecule has 4 heteroatoms. The minimum Gasteiger partial charge on any atom is -0.481 e. The Balaban J connectivity index is 2.04. The molecular weight excluding hydrogens is 206 g/mol. The first-order valence-corrected chi connectivity index (χ1v) is 5.57. The minimum atomic E-state index is -0.487. The number of hydrogen-bond donors (Lipinski definition) is 1. The van der Waals surface area contributed by atoms with Crippen molar-refractivity contribution < 1.29 is 14.6 Å². The molecule has 0 bridgehead atoms. The van der Waals surface area contributed by atoms with E-state index in [1.165, 1.54) is 0 Å². The molecule has 2 heterocycles. The van der Waals surface area contributed by atoms with Gasteiger partial charge in [0.05, 0.1) is 19.8 Å². The summed E-state index contributed by atoms with van der Waals surface area (Å²) in [6, 6.07) is 3.62. The molecule has 2 atom stereocenters. The van der Waals surface area contributed by atoms with Crippen LogP contribution in [-0.2, 0) is 4.74 Å². The number of aliphatic hydroxyl groups excluding tert-OH is 1. The number of aliphatic hydroxyl groups is 1. The van der Waals surface area contributed by atoms with Crippen LogP contribution in [0.3, 0.4) is 0 Å². The van der Waals surface area contributed by atoms with Crippen LogP contribution in [0.25, 0.3) is 0 Å². The fraction of sp³-hybridized carbons (Fsp3) is 0.583. The number of nitrogens with zero attached hydrogens (tertiary/aromatic N) is 1. The van der Waals surface area contributed by atoms with Crippen molar-refractivity contribution >= 4 is 0 Å². The Bertz CT molecular complexity index is 320. The molecule has 0 saturated carbocycles. The lowest BCUT2D eigenvalue weighted by Gasteiger charge is -2.26. The lowest BCUT2D eigenvalue weighted by Crippen LogP contribution is -2.23. The van der Waals surface area contributed by atoms with Gasteiger partial charge in [-0.25, -0.2) is 4.98 Å². The average molecular weight is 223 g/mol. The molecule has 0 aliphatic carbocycles. The molecule has 1 aromatic rings. The number of hydrogen-bond acceptors (Lipinski definition) is 4. The van der Waals surface area contributed by atoms with Gasteiger partial charge < -0.3 is 14.6 Å². The first-order valence-electron chi connectivity index (χ1n) is 5.57. The van der Waals surface area contributed by atoms with Crippen molar-refractivity contribution in [3.63, 3.8) is 0 Å². The Hall–Kier alpha value is -1.13. The zero-order chi connectivity index (χ0) is 11.4. The molecule has 1 aliphatic rings. The summed E-state index contributed by atoms with van der Waals surface area (Å²) in [7, 11) is 1.58. The molecule has 0 radical (unpaired) electrons. The Labute approximate surface area is 95.2 Å². The highest BCUT2D eigenvalue weighted by molar-refractivity contribution is 5.20. The molecule has 0 aromatic carbocycles. The van der Waals surface area contributed by atoms with Crippen LogP contribution in [0.1, 0.15) is 24.5 Å². The second kappa shape index (κ2) is 5.27. The van der Waals surface area contributed by atoms with Crippen LogP contribution in [0, 0.1) is 5.92 Å². The quantitative estimate of drug-likeness (QED) is 0.844. The lowest BCUT2D eigenvalue weighted by molar-refractivity contribution is -0.0101. The van der Waals surface area contributed by atoms with Crippen molar-refractivity contribution in [1.82, 2.24) is 4.98 Å². The summed E-state index contributed by atoms with van der Waals surface area (Å²) >= 11 is 0. The van der Waals surface area contributed by atoms with Crippen LogP contribution >= 0.6 is 0 Å². The normalized spacial score (nSPS) is 22.8. The van der Waals surface area contributed by atoms with E-state index in [2.05, 4.69) is 4.98 Å². The molecule has 0 amide bonds. The summed E-state index contributed by atoms with van der Waals surface area (Å²) < 4.78 is 10.3. The van der Waals surface area contributed by atoms with Gasteiger partial charge in [0.2, 0.25) is 5.88 Å². The number of aromatic nitrogens is 1. The van der Waals surface area contributed by atoms with Crippen molar-refractivity contribution in [3.05, 3.63) is 23.9 Å². The number of ether oxygens (including phenoxy) is 2. The van der Waals surface area contributed by atoms with Gasteiger partial charge in [-0.15, -0.1) is 0 Å². The topological polar surface area (TPSA) is 51.6 Å². The third-order valence-electron chi connectivity index (χ3n) is 2.95. The van der Waals surface area contributed by atoms with Crippen LogP contribution < -0.4 is 4.74 Å². The predicted molar refractivity (Wildman–Crippen MR) is 59.3 cm³/mol. The third kappa shape index (κ3) is 2.51. The molecule has 2 unspecified atom stereocenters. The molecule has 4 nitrogen and oxygen atoms in total. The maximum atomic E-state index is 10.1. The van der Waals surface area contributed by atoms with E-state index in [-0.39, 0.29) is 5.92 Å². The third-order valence-corrected chi connectivity index (χ3v) is 2.95. The Morgan fingerprint density at radius 2 is 2.44 bits per heavy atom. The molecule has 88 valence electrons. The van der Waals surface area contributed by atoms with Crippen molar-refractivity contribution in [2.24, 2.45) is 5.92 Å². The van der Waals surface area contributed by atoms with Gasteiger partial charge in [-0.2, -0.15) is 0 Å². The van der Waals surface area contributed by atoms with E-state index in [0.29, 0.717) is 12.5 Å². The van der Waals surface area contributed by atoms with Gasteiger partial charge in [0, 0.05) is 24.8 Å². The van der Waals surface area contributed by atoms with Crippen LogP contribution in [0.4, 0.5) is 0 Å². The first-order chi connectivity index (χ1) is 7.81. The second-order valence-corrected chi connectivity index (χ2v) is 4.06. The standard InChI is InChI=1S/C12H17NO3/c1-15-11-5-4-9(7-13-11)12(14)10-3-2-6-16-8-10/h4-5,7,10,12,14H,2-3,6,8H2,1H3. The van der Waals surface area contributed by atoms with E-state index in [1.54, 1.807) is 19.4 Å². The summed E-state index contributed by atoms with van der Waals surface area (Å²) in [6.45, 7) is 1.44. The van der Waals surface area contributed by atoms with Crippen LogP contribution in [0.2, 0.25) is 0 Å². The van der Waals surface area contributed by atoms with Gasteiger partial charge >= 0.3 is 0 Å². The van der Waals surface area contributed by atoms with E-state index >= 15 is 0 Å². The van der Waals surface area contributed by atoms with Gasteiger partial charge in [0.25, 0.3) is 0 Å². The molecule has 0 spiro atoms. The van der Waals surface area contributed by atoms with E-state index in [4.69, 9.17) is 9.47 Å². The van der Waals surface area contributed by atoms with E-state index in [0.717, 1.165) is 25.0 Å². The number of rotatable bonds is 3. The lowest BCUT2D eigenvalue weighted by atomic mass is 9.92. The second-order valence-electron chi connectivity index (χ2n) is 4.06. The molecule has 16 heavy (non-hydrogen) atoms. The van der Waals surface area contributed by atoms with Gasteiger partial charge in [0.15, 0.2) is 0 Å². The van der Waals surface area contributed by atoms with Crippen LogP contribution in [-0.4, -0.2) is 30.4 Å². The molecule has 2 rings (SSSR count). The molecule has 1 N–H and O–H groups in total. The van der Waals surface area contributed by atoms with Gasteiger partial charge in [-0.3, -0.25) is 0 Å². The number of pyridine rings is 1. The summed E-state index contributed by atoms with van der Waals surface area (Å²) in [5.41, 5.74) is 0.830. The maximum Gasteiger partial charge on any atom is 0.212 e. The van der Waals surface area contributed by atoms with Crippen molar-refractivity contribution in [2.75, 3.05) is 20.3 Å². The van der Waals surface area contributed by atoms with E-state index in [1.807, 2.05) is 6.07 Å². The van der Waals surface area contributed by atoms with Crippen molar-refractivity contribution in [2.45, 2.75) is 18.9 Å². The van der Waals surface area contributed by atoms with Gasteiger partial charge in [-0.1, -0.05) is 0 Å². The molecule has 1 fully saturated rings. The summed E-state index contributed by atoms with van der Waals surface area (Å²) in [4.78, 5) is 4.09. The van der Waals surface area contributed by atoms with Crippen LogP contribution in [0.15, 0.2) is 18.3 Å². The molecule has 1 aliphatic heterocycles. The highest BCUT2D eigenvalue weighted by Gasteiger charge is 2.23. The summed E-state index contributed by atoms with van der Waals surface area (Å²) in [6.07, 6.45) is 3.20. The summed E-state index contributed by atoms with van der Waals surface area (Å²) in [5, 5.41) is 10.1. The molecular formula is C12H17NO3. The average Bonchev–Trinajstić information content (AvgIpc) is 2.39. The highest BCUT2D eigenvalue weighted by Crippen LogP contribution is 2.28. The zero-order valence-corrected chi connectivity index (χ0v) is 9.43. The minimum absolute atomic E-state index is 0.184. The summed E-state index contributed by atoms with van der Waals surface area (Å²) in [5.74, 6) is 0.750. The fourth-order valence-corrected chi connectivity index (χ4v) is 1.97. The predicted octanol–water partition coefficient (Wildman–Crippen LogP) is 1.55. The van der Waals surface area contributed by atoms with Gasteiger partial charge in [-0.05, 0) is 24.5 Å². The number of methoxy groups -OCH3 is 1. The monoisotopic (exact) mass is 223 g/mol. The zero-order valence-electron chi connectivity index (χ0n) is 9.43. The highest BCUT2D eigenvalue weighted by atomic mass is 16.5. The van der Waals surface area contributed by atoms with Crippen LogP contribution in [0.5, 0.6) is 5.88 Å². The van der Waals surface area contributed by atoms with Crippen molar-refractivity contribution in [1.29, 1.82) is 0 Å². The molecule has 1 aromatic heterocycles. The SMILES string of the molecule is COc1ccc(C(O)C2CCCOC2)cn1. The Morgan fingerprint density at radius 1 is 1.56 bits per heavy atom. The maximum absolute atomic E-state index is 10.1. The smallest absolute Gasteiger partial charge is 0.212 e. The Morgan fingerprint density at radius 3 is 3.00 bits per heavy atom. The van der Waals surface area contributed by atoms with Crippen molar-refractivity contribution in [3.8, 4) is 5.88 Å². The molecule has 1 saturated heterocycles. The largest absolute Gasteiger partial charge is 0.481 e. The van der Waals surface area contributed by atoms with E-state index in [9.17, 15) is 5.11 Å². The first kappa shape index (κ1) is 11.4. The van der Waals surface area contributed by atoms with E-state index < -0.39 is 6.10 Å². The van der Waals surface area contributed by atoms with Gasteiger partial charge in [0.1, 0.15) is 0 Å².